The Hall–Kier alpha value is -0.520. The highest BCUT2D eigenvalue weighted by Gasteiger charge is 1.91. The van der Waals surface area contributed by atoms with Crippen molar-refractivity contribution in [3.05, 3.63) is 23.3 Å². The Labute approximate surface area is 71.0 Å². The largest absolute Gasteiger partial charge is 0.0874 e. The van der Waals surface area contributed by atoms with Crippen molar-refractivity contribution in [3.8, 4) is 0 Å². The average molecular weight is 152 g/mol. The lowest BCUT2D eigenvalue weighted by Crippen LogP contribution is -1.81. The van der Waals surface area contributed by atoms with Gasteiger partial charge in [0.25, 0.3) is 0 Å². The molecule has 0 spiro atoms. The van der Waals surface area contributed by atoms with Gasteiger partial charge in [0, 0.05) is 0 Å². The molecule has 11 heavy (non-hydrogen) atoms. The molecule has 0 nitrogen and oxygen atoms in total. The van der Waals surface area contributed by atoms with Crippen molar-refractivity contribution in [2.24, 2.45) is 0 Å². The molecule has 0 heteroatoms. The molecule has 0 amide bonds. The van der Waals surface area contributed by atoms with Crippen LogP contribution in [0.1, 0.15) is 47.0 Å². The summed E-state index contributed by atoms with van der Waals surface area (Å²) >= 11 is 0. The fourth-order valence-electron chi connectivity index (χ4n) is 1.03. The van der Waals surface area contributed by atoms with E-state index in [9.17, 15) is 0 Å². The molecular weight excluding hydrogens is 132 g/mol. The summed E-state index contributed by atoms with van der Waals surface area (Å²) < 4.78 is 0. The number of hydrogen-bond donors (Lipinski definition) is 0. The van der Waals surface area contributed by atoms with Crippen molar-refractivity contribution >= 4 is 0 Å². The Morgan fingerprint density at radius 3 is 2.36 bits per heavy atom. The van der Waals surface area contributed by atoms with E-state index in [1.165, 1.54) is 30.4 Å². The van der Waals surface area contributed by atoms with E-state index in [2.05, 4.69) is 39.8 Å². The van der Waals surface area contributed by atoms with E-state index in [1.54, 1.807) is 0 Å². The van der Waals surface area contributed by atoms with Crippen molar-refractivity contribution in [1.82, 2.24) is 0 Å². The molecule has 0 aromatic carbocycles. The fourth-order valence-corrected chi connectivity index (χ4v) is 1.03. The van der Waals surface area contributed by atoms with Crippen LogP contribution in [0.5, 0.6) is 0 Å². The third-order valence-corrected chi connectivity index (χ3v) is 2.00. The first kappa shape index (κ1) is 10.5. The van der Waals surface area contributed by atoms with Crippen LogP contribution in [0.4, 0.5) is 0 Å². The van der Waals surface area contributed by atoms with E-state index in [0.29, 0.717) is 0 Å². The molecule has 0 fully saturated rings. The average Bonchev–Trinajstić information content (AvgIpc) is 2.00. The summed E-state index contributed by atoms with van der Waals surface area (Å²) in [6.07, 6.45) is 8.16. The Morgan fingerprint density at radius 1 is 1.27 bits per heavy atom. The molecular formula is C11H20. The first-order valence-corrected chi connectivity index (χ1v) is 4.51. The quantitative estimate of drug-likeness (QED) is 0.532. The highest BCUT2D eigenvalue weighted by molar-refractivity contribution is 5.21. The van der Waals surface area contributed by atoms with Crippen LogP contribution >= 0.6 is 0 Å². The van der Waals surface area contributed by atoms with Crippen LogP contribution in [0.15, 0.2) is 23.3 Å². The second-order valence-corrected chi connectivity index (χ2v) is 3.07. The summed E-state index contributed by atoms with van der Waals surface area (Å²) in [4.78, 5) is 0. The maximum absolute atomic E-state index is 2.23. The van der Waals surface area contributed by atoms with Gasteiger partial charge >= 0.3 is 0 Å². The highest BCUT2D eigenvalue weighted by atomic mass is 14.0. The molecule has 0 saturated carbocycles. The van der Waals surface area contributed by atoms with Crippen molar-refractivity contribution in [2.45, 2.75) is 47.0 Å². The van der Waals surface area contributed by atoms with Crippen molar-refractivity contribution in [1.29, 1.82) is 0 Å². The van der Waals surface area contributed by atoms with Gasteiger partial charge in [-0.15, -0.1) is 0 Å². The van der Waals surface area contributed by atoms with Crippen molar-refractivity contribution in [3.63, 3.8) is 0 Å². The molecule has 0 unspecified atom stereocenters. The first-order chi connectivity index (χ1) is 5.22. The predicted molar refractivity (Wildman–Crippen MR) is 52.7 cm³/mol. The Bertz CT molecular complexity index is 149. The molecule has 0 radical (unpaired) electrons. The van der Waals surface area contributed by atoms with Gasteiger partial charge in [0.15, 0.2) is 0 Å². The normalized spacial score (nSPS) is 13.8. The molecule has 0 saturated heterocycles. The lowest BCUT2D eigenvalue weighted by molar-refractivity contribution is 0.783. The van der Waals surface area contributed by atoms with E-state index < -0.39 is 0 Å². The standard InChI is InChI=1S/C11H20/c1-5-7-9-11(4)10(3)8-6-2/h6,8H,5,7,9H2,1-4H3/b8-6-,11-10+. The summed E-state index contributed by atoms with van der Waals surface area (Å²) in [5.41, 5.74) is 2.96. The lowest BCUT2D eigenvalue weighted by Gasteiger charge is -2.01. The Kier molecular flexibility index (Phi) is 5.91. The molecule has 0 aliphatic heterocycles. The van der Waals surface area contributed by atoms with Gasteiger partial charge in [-0.05, 0) is 33.6 Å². The maximum atomic E-state index is 2.23. The third kappa shape index (κ3) is 4.83. The molecule has 0 rings (SSSR count). The predicted octanol–water partition coefficient (Wildman–Crippen LogP) is 4.09. The van der Waals surface area contributed by atoms with Crippen molar-refractivity contribution < 1.29 is 0 Å². The number of unbranched alkanes of at least 4 members (excludes halogenated alkanes) is 1. The zero-order valence-corrected chi connectivity index (χ0v) is 8.28. The fraction of sp³-hybridized carbons (Fsp3) is 0.636. The van der Waals surface area contributed by atoms with Gasteiger partial charge in [-0.1, -0.05) is 36.6 Å². The van der Waals surface area contributed by atoms with Crippen LogP contribution in [0, 0.1) is 0 Å². The van der Waals surface area contributed by atoms with Crippen LogP contribution in [-0.4, -0.2) is 0 Å². The summed E-state index contributed by atoms with van der Waals surface area (Å²) in [7, 11) is 0. The molecule has 0 N–H and O–H groups in total. The van der Waals surface area contributed by atoms with Gasteiger partial charge in [-0.2, -0.15) is 0 Å². The molecule has 0 aliphatic rings. The van der Waals surface area contributed by atoms with E-state index >= 15 is 0 Å². The molecule has 64 valence electrons. The molecule has 0 aromatic heterocycles. The minimum absolute atomic E-state index is 1.26. The Balaban J connectivity index is 3.94. The smallest absolute Gasteiger partial charge is 0.0317 e. The second-order valence-electron chi connectivity index (χ2n) is 3.07. The third-order valence-electron chi connectivity index (χ3n) is 2.00. The van der Waals surface area contributed by atoms with Gasteiger partial charge in [-0.25, -0.2) is 0 Å². The van der Waals surface area contributed by atoms with Gasteiger partial charge in [0.05, 0.1) is 0 Å². The monoisotopic (exact) mass is 152 g/mol. The van der Waals surface area contributed by atoms with Crippen LogP contribution in [0.25, 0.3) is 0 Å². The molecule has 0 atom stereocenters. The van der Waals surface area contributed by atoms with E-state index in [0.717, 1.165) is 0 Å². The zero-order chi connectivity index (χ0) is 8.69. The number of rotatable bonds is 4. The van der Waals surface area contributed by atoms with Crippen molar-refractivity contribution in [2.75, 3.05) is 0 Å². The molecule has 0 aromatic rings. The molecule has 0 bridgehead atoms. The summed E-state index contributed by atoms with van der Waals surface area (Å²) in [6.45, 7) is 8.71. The van der Waals surface area contributed by atoms with Crippen LogP contribution in [0.2, 0.25) is 0 Å². The van der Waals surface area contributed by atoms with Gasteiger partial charge in [0.2, 0.25) is 0 Å². The topological polar surface area (TPSA) is 0 Å². The lowest BCUT2D eigenvalue weighted by atomic mass is 10.1. The van der Waals surface area contributed by atoms with E-state index in [-0.39, 0.29) is 0 Å². The minimum Gasteiger partial charge on any atom is -0.0874 e. The molecule has 0 heterocycles. The number of hydrogen-bond acceptors (Lipinski definition) is 0. The number of allylic oxidation sites excluding steroid dienone is 4. The van der Waals surface area contributed by atoms with Gasteiger partial charge in [-0.3, -0.25) is 0 Å². The Morgan fingerprint density at radius 2 is 1.91 bits per heavy atom. The van der Waals surface area contributed by atoms with Crippen LogP contribution in [-0.2, 0) is 0 Å². The summed E-state index contributed by atoms with van der Waals surface area (Å²) in [6, 6.07) is 0. The zero-order valence-electron chi connectivity index (χ0n) is 8.28. The van der Waals surface area contributed by atoms with Crippen LogP contribution < -0.4 is 0 Å². The minimum atomic E-state index is 1.26. The van der Waals surface area contributed by atoms with Gasteiger partial charge in [0.1, 0.15) is 0 Å². The second kappa shape index (κ2) is 6.21. The highest BCUT2D eigenvalue weighted by Crippen LogP contribution is 2.12. The first-order valence-electron chi connectivity index (χ1n) is 4.51. The summed E-state index contributed by atoms with van der Waals surface area (Å²) in [5.74, 6) is 0. The van der Waals surface area contributed by atoms with E-state index in [4.69, 9.17) is 0 Å². The summed E-state index contributed by atoms with van der Waals surface area (Å²) in [5, 5.41) is 0. The van der Waals surface area contributed by atoms with Gasteiger partial charge < -0.3 is 0 Å². The van der Waals surface area contributed by atoms with E-state index in [1.807, 2.05) is 0 Å². The SMILES string of the molecule is C/C=C\C(C)=C(/C)CCCC. The molecule has 0 aliphatic carbocycles. The maximum Gasteiger partial charge on any atom is -0.0317 e. The van der Waals surface area contributed by atoms with Crippen LogP contribution in [0.3, 0.4) is 0 Å².